The van der Waals surface area contributed by atoms with Crippen LogP contribution in [0.25, 0.3) is 0 Å². The van der Waals surface area contributed by atoms with Crippen molar-refractivity contribution in [2.75, 3.05) is 46.3 Å². The number of H-pyrrole nitrogens is 1. The van der Waals surface area contributed by atoms with Crippen LogP contribution in [0.15, 0.2) is 18.2 Å². The Kier molecular flexibility index (Phi) is 7.83. The topological polar surface area (TPSA) is 119 Å². The number of halogens is 1. The molecule has 1 aliphatic rings. The summed E-state index contributed by atoms with van der Waals surface area (Å²) >= 11 is 6.21. The molecule has 2 amide bonds. The van der Waals surface area contributed by atoms with E-state index in [0.29, 0.717) is 27.9 Å². The van der Waals surface area contributed by atoms with Gasteiger partial charge in [0.2, 0.25) is 11.8 Å². The molecule has 0 fully saturated rings. The zero-order valence-electron chi connectivity index (χ0n) is 18.8. The molecule has 178 valence electrons. The number of anilines is 1. The summed E-state index contributed by atoms with van der Waals surface area (Å²) in [5.74, 6) is -0.303. The van der Waals surface area contributed by atoms with Gasteiger partial charge in [0.1, 0.15) is 17.9 Å². The van der Waals surface area contributed by atoms with E-state index in [0.717, 1.165) is 11.3 Å². The molecule has 0 radical (unpaired) electrons. The molecule has 11 heteroatoms. The minimum Gasteiger partial charge on any atom is -0.490 e. The van der Waals surface area contributed by atoms with Crippen LogP contribution in [-0.4, -0.2) is 74.8 Å². The smallest absolute Gasteiger partial charge is 0.336 e. The number of carbonyl (C=O) groups is 3. The average Bonchev–Trinajstić information content (AvgIpc) is 3.34. The van der Waals surface area contributed by atoms with Gasteiger partial charge in [0, 0.05) is 18.4 Å². The van der Waals surface area contributed by atoms with Crippen molar-refractivity contribution in [1.29, 1.82) is 0 Å². The summed E-state index contributed by atoms with van der Waals surface area (Å²) in [6.07, 6.45) is -0.758. The lowest BCUT2D eigenvalue weighted by atomic mass is 10.1. The maximum atomic E-state index is 12.8. The fourth-order valence-electron chi connectivity index (χ4n) is 3.43. The lowest BCUT2D eigenvalue weighted by Gasteiger charge is -2.23. The highest BCUT2D eigenvalue weighted by molar-refractivity contribution is 6.32. The Morgan fingerprint density at radius 2 is 1.97 bits per heavy atom. The number of aromatic nitrogens is 1. The second-order valence-corrected chi connectivity index (χ2v) is 7.89. The molecule has 1 aliphatic heterocycles. The van der Waals surface area contributed by atoms with Crippen LogP contribution < -0.4 is 14.8 Å². The molecule has 33 heavy (non-hydrogen) atoms. The van der Waals surface area contributed by atoms with Crippen LogP contribution in [0.5, 0.6) is 11.6 Å². The average molecular weight is 480 g/mol. The molecule has 10 nitrogen and oxygen atoms in total. The van der Waals surface area contributed by atoms with Gasteiger partial charge in [0.05, 0.1) is 38.8 Å². The molecule has 2 heterocycles. The number of amides is 2. The van der Waals surface area contributed by atoms with E-state index < -0.39 is 12.1 Å². The summed E-state index contributed by atoms with van der Waals surface area (Å²) in [4.78, 5) is 40.8. The Balaban J connectivity index is 1.57. The molecule has 2 N–H and O–H groups in total. The Labute approximate surface area is 196 Å². The number of rotatable bonds is 10. The predicted molar refractivity (Wildman–Crippen MR) is 120 cm³/mol. The first kappa shape index (κ1) is 24.4. The van der Waals surface area contributed by atoms with Crippen molar-refractivity contribution in [1.82, 2.24) is 9.88 Å². The Bertz CT molecular complexity index is 1050. The highest BCUT2D eigenvalue weighted by Gasteiger charge is 2.27. The minimum atomic E-state index is -1.02. The normalized spacial score (nSPS) is 13.2. The monoisotopic (exact) mass is 479 g/mol. The van der Waals surface area contributed by atoms with Crippen LogP contribution >= 0.6 is 11.6 Å². The molecule has 0 spiro atoms. The first-order chi connectivity index (χ1) is 15.7. The second kappa shape index (κ2) is 10.6. The van der Waals surface area contributed by atoms with Gasteiger partial charge in [-0.3, -0.25) is 9.59 Å². The van der Waals surface area contributed by atoms with Crippen LogP contribution in [-0.2, 0) is 25.5 Å². The van der Waals surface area contributed by atoms with Crippen molar-refractivity contribution < 1.29 is 33.3 Å². The fourth-order valence-corrected chi connectivity index (χ4v) is 3.64. The summed E-state index contributed by atoms with van der Waals surface area (Å²) in [5.41, 5.74) is 2.58. The molecule has 3 rings (SSSR count). The number of carbonyl (C=O) groups excluding carboxylic acids is 3. The van der Waals surface area contributed by atoms with E-state index in [4.69, 9.17) is 30.5 Å². The number of fused-ring (bicyclic) bond motifs is 1. The molecular weight excluding hydrogens is 454 g/mol. The van der Waals surface area contributed by atoms with Crippen molar-refractivity contribution >= 4 is 35.1 Å². The molecule has 0 saturated heterocycles. The molecule has 0 bridgehead atoms. The third-order valence-corrected chi connectivity index (χ3v) is 5.34. The van der Waals surface area contributed by atoms with Crippen LogP contribution in [0.2, 0.25) is 5.02 Å². The van der Waals surface area contributed by atoms with E-state index in [2.05, 4.69) is 10.3 Å². The number of ether oxygens (including phenoxy) is 4. The van der Waals surface area contributed by atoms with E-state index in [1.807, 2.05) is 0 Å². The summed E-state index contributed by atoms with van der Waals surface area (Å²) in [5, 5.41) is 3.07. The Morgan fingerprint density at radius 3 is 2.67 bits per heavy atom. The third kappa shape index (κ3) is 5.77. The van der Waals surface area contributed by atoms with Gasteiger partial charge in [-0.15, -0.1) is 0 Å². The van der Waals surface area contributed by atoms with Gasteiger partial charge in [-0.1, -0.05) is 11.6 Å². The van der Waals surface area contributed by atoms with Crippen molar-refractivity contribution in [3.63, 3.8) is 0 Å². The van der Waals surface area contributed by atoms with Gasteiger partial charge in [0.15, 0.2) is 6.10 Å². The zero-order valence-corrected chi connectivity index (χ0v) is 19.6. The molecule has 1 aromatic carbocycles. The number of methoxy groups -OCH3 is 2. The van der Waals surface area contributed by atoms with Crippen molar-refractivity contribution in [3.8, 4) is 11.6 Å². The van der Waals surface area contributed by atoms with Crippen molar-refractivity contribution in [2.45, 2.75) is 19.4 Å². The molecule has 0 saturated carbocycles. The molecular formula is C22H26ClN3O7. The maximum Gasteiger partial charge on any atom is 0.336 e. The number of benzene rings is 1. The number of esters is 1. The highest BCUT2D eigenvalue weighted by atomic mass is 35.5. The maximum absolute atomic E-state index is 12.8. The number of likely N-dealkylation sites (N-methyl/N-ethyl adjacent to an activating group) is 1. The number of aromatic amines is 1. The van der Waals surface area contributed by atoms with Crippen molar-refractivity contribution in [2.24, 2.45) is 0 Å². The molecule has 0 aliphatic carbocycles. The summed E-state index contributed by atoms with van der Waals surface area (Å²) in [6.45, 7) is 1.91. The summed E-state index contributed by atoms with van der Waals surface area (Å²) in [6, 6.07) is 5.00. The van der Waals surface area contributed by atoms with Gasteiger partial charge in [-0.05, 0) is 30.7 Å². The lowest BCUT2D eigenvalue weighted by molar-refractivity contribution is -0.155. The fraction of sp³-hybridized carbons (Fsp3) is 0.409. The number of nitrogens with one attached hydrogen (secondary N) is 2. The third-order valence-electron chi connectivity index (χ3n) is 5.04. The minimum absolute atomic E-state index is 0.0354. The van der Waals surface area contributed by atoms with E-state index in [1.165, 1.54) is 19.1 Å². The van der Waals surface area contributed by atoms with Crippen molar-refractivity contribution in [3.05, 3.63) is 40.0 Å². The van der Waals surface area contributed by atoms with E-state index >= 15 is 0 Å². The quantitative estimate of drug-likeness (QED) is 0.396. The SMILES string of the molecule is COC(=O)[C@@H](CN(C)C(=O)c1cc(C)[nH]c1OC)OCCOc1cc2c(cc1Cl)NC(=O)C2. The summed E-state index contributed by atoms with van der Waals surface area (Å²) < 4.78 is 21.3. The first-order valence-electron chi connectivity index (χ1n) is 10.2. The van der Waals surface area contributed by atoms with Gasteiger partial charge >= 0.3 is 5.97 Å². The van der Waals surface area contributed by atoms with Crippen LogP contribution in [0, 0.1) is 6.92 Å². The molecule has 1 aromatic heterocycles. The van der Waals surface area contributed by atoms with Crippen LogP contribution in [0.4, 0.5) is 5.69 Å². The number of hydrogen-bond acceptors (Lipinski definition) is 7. The highest BCUT2D eigenvalue weighted by Crippen LogP contribution is 2.34. The molecule has 2 aromatic rings. The van der Waals surface area contributed by atoms with E-state index in [-0.39, 0.29) is 38.0 Å². The molecule has 1 atom stereocenters. The zero-order chi connectivity index (χ0) is 24.1. The second-order valence-electron chi connectivity index (χ2n) is 7.48. The largest absolute Gasteiger partial charge is 0.490 e. The van der Waals surface area contributed by atoms with E-state index in [9.17, 15) is 14.4 Å². The van der Waals surface area contributed by atoms with Crippen LogP contribution in [0.3, 0.4) is 0 Å². The van der Waals surface area contributed by atoms with Gasteiger partial charge < -0.3 is 34.1 Å². The van der Waals surface area contributed by atoms with E-state index in [1.54, 1.807) is 32.2 Å². The van der Waals surface area contributed by atoms with Crippen LogP contribution in [0.1, 0.15) is 21.6 Å². The van der Waals surface area contributed by atoms with Gasteiger partial charge in [-0.25, -0.2) is 4.79 Å². The lowest BCUT2D eigenvalue weighted by Crippen LogP contribution is -2.41. The number of nitrogens with zero attached hydrogens (tertiary/aromatic N) is 1. The standard InChI is InChI=1S/C22H26ClN3O7/c1-12-7-14(20(24-12)30-3)21(28)26(2)11-18(22(29)31-4)33-6-5-32-17-8-13-9-19(27)25-16(13)10-15(17)23/h7-8,10,18,24H,5-6,9,11H2,1-4H3,(H,25,27)/t18-/m1/s1. The first-order valence-corrected chi connectivity index (χ1v) is 10.5. The van der Waals surface area contributed by atoms with Gasteiger partial charge in [-0.2, -0.15) is 0 Å². The van der Waals surface area contributed by atoms with Gasteiger partial charge in [0.25, 0.3) is 5.91 Å². The Morgan fingerprint density at radius 1 is 1.21 bits per heavy atom. The number of aryl methyl sites for hydroxylation is 1. The summed E-state index contributed by atoms with van der Waals surface area (Å²) in [7, 11) is 4.26. The molecule has 0 unspecified atom stereocenters. The Hall–Kier alpha value is -3.24. The predicted octanol–water partition coefficient (Wildman–Crippen LogP) is 2.19. The number of hydrogen-bond donors (Lipinski definition) is 2.